The summed E-state index contributed by atoms with van der Waals surface area (Å²) in [6, 6.07) is 9.04. The van der Waals surface area contributed by atoms with Crippen LogP contribution in [0.5, 0.6) is 0 Å². The van der Waals surface area contributed by atoms with Gasteiger partial charge in [-0.1, -0.05) is 18.2 Å². The predicted molar refractivity (Wildman–Crippen MR) is 110 cm³/mol. The summed E-state index contributed by atoms with van der Waals surface area (Å²) in [4.78, 5) is 14.7. The Morgan fingerprint density at radius 2 is 1.74 bits per heavy atom. The van der Waals surface area contributed by atoms with Crippen molar-refractivity contribution in [1.82, 2.24) is 14.5 Å². The molecule has 1 amide bonds. The standard InChI is InChI=1S/C21H24F3N3O3S/c1-15-6-7-18(31(29,30)27-10-8-26(2)9-11-27)13-19(15)20(28)25-14-16-4-3-5-17(12-16)21(22,23)24/h3-7,12-13H,8-11,14H2,1-2H3,(H,25,28). The summed E-state index contributed by atoms with van der Waals surface area (Å²) in [6.45, 7) is 3.53. The highest BCUT2D eigenvalue weighted by atomic mass is 32.2. The van der Waals surface area contributed by atoms with Crippen LogP contribution in [-0.4, -0.2) is 56.8 Å². The first-order valence-electron chi connectivity index (χ1n) is 9.72. The van der Waals surface area contributed by atoms with Crippen molar-refractivity contribution in [2.45, 2.75) is 24.5 Å². The molecule has 6 nitrogen and oxygen atoms in total. The van der Waals surface area contributed by atoms with Crippen LogP contribution in [0.4, 0.5) is 13.2 Å². The van der Waals surface area contributed by atoms with Gasteiger partial charge in [-0.25, -0.2) is 8.42 Å². The van der Waals surface area contributed by atoms with E-state index in [0.717, 1.165) is 12.1 Å². The van der Waals surface area contributed by atoms with Gasteiger partial charge in [0.1, 0.15) is 0 Å². The number of piperazine rings is 1. The van der Waals surface area contributed by atoms with Gasteiger partial charge in [-0.2, -0.15) is 17.5 Å². The topological polar surface area (TPSA) is 69.7 Å². The molecule has 1 saturated heterocycles. The van der Waals surface area contributed by atoms with Gasteiger partial charge in [-0.3, -0.25) is 4.79 Å². The summed E-state index contributed by atoms with van der Waals surface area (Å²) in [5.41, 5.74) is 0.235. The summed E-state index contributed by atoms with van der Waals surface area (Å²) in [7, 11) is -1.83. The molecule has 0 saturated carbocycles. The van der Waals surface area contributed by atoms with E-state index in [2.05, 4.69) is 5.32 Å². The quantitative estimate of drug-likeness (QED) is 0.753. The van der Waals surface area contributed by atoms with Gasteiger partial charge >= 0.3 is 6.18 Å². The summed E-state index contributed by atoms with van der Waals surface area (Å²) >= 11 is 0. The lowest BCUT2D eigenvalue weighted by molar-refractivity contribution is -0.137. The molecule has 1 N–H and O–H groups in total. The Kier molecular flexibility index (Phi) is 6.73. The highest BCUT2D eigenvalue weighted by Crippen LogP contribution is 2.29. The molecule has 0 aromatic heterocycles. The number of rotatable bonds is 5. The second-order valence-corrected chi connectivity index (χ2v) is 9.50. The average Bonchev–Trinajstić information content (AvgIpc) is 2.72. The summed E-state index contributed by atoms with van der Waals surface area (Å²) in [5.74, 6) is -0.551. The minimum Gasteiger partial charge on any atom is -0.348 e. The molecule has 0 aliphatic carbocycles. The van der Waals surface area contributed by atoms with Crippen molar-refractivity contribution in [3.8, 4) is 0 Å². The number of aryl methyl sites for hydroxylation is 1. The van der Waals surface area contributed by atoms with Gasteiger partial charge in [0.2, 0.25) is 10.0 Å². The van der Waals surface area contributed by atoms with Crippen LogP contribution in [0.25, 0.3) is 0 Å². The predicted octanol–water partition coefficient (Wildman–Crippen LogP) is 2.88. The Balaban J connectivity index is 1.76. The molecule has 0 atom stereocenters. The van der Waals surface area contributed by atoms with E-state index in [9.17, 15) is 26.4 Å². The maximum absolute atomic E-state index is 13.0. The van der Waals surface area contributed by atoms with E-state index < -0.39 is 27.7 Å². The van der Waals surface area contributed by atoms with E-state index >= 15 is 0 Å². The first-order chi connectivity index (χ1) is 14.5. The lowest BCUT2D eigenvalue weighted by Gasteiger charge is -2.31. The van der Waals surface area contributed by atoms with Crippen molar-refractivity contribution in [2.24, 2.45) is 0 Å². The van der Waals surface area contributed by atoms with Gasteiger partial charge in [-0.15, -0.1) is 0 Å². The Labute approximate surface area is 179 Å². The molecule has 0 bridgehead atoms. The van der Waals surface area contributed by atoms with Gasteiger partial charge in [0, 0.05) is 38.3 Å². The Morgan fingerprint density at radius 1 is 1.06 bits per heavy atom. The molecule has 1 heterocycles. The number of amides is 1. The molecule has 2 aromatic carbocycles. The van der Waals surface area contributed by atoms with Crippen LogP contribution in [0, 0.1) is 6.92 Å². The third kappa shape index (κ3) is 5.44. The summed E-state index contributed by atoms with van der Waals surface area (Å²) in [5, 5.41) is 2.58. The molecule has 0 spiro atoms. The van der Waals surface area contributed by atoms with Crippen molar-refractivity contribution < 1.29 is 26.4 Å². The van der Waals surface area contributed by atoms with Crippen LogP contribution < -0.4 is 5.32 Å². The molecule has 1 aliphatic rings. The number of alkyl halides is 3. The van der Waals surface area contributed by atoms with E-state index in [1.54, 1.807) is 13.0 Å². The molecule has 2 aromatic rings. The van der Waals surface area contributed by atoms with Crippen LogP contribution in [0.1, 0.15) is 27.0 Å². The average molecular weight is 456 g/mol. The number of hydrogen-bond acceptors (Lipinski definition) is 4. The maximum Gasteiger partial charge on any atom is 0.416 e. The maximum atomic E-state index is 13.0. The Hall–Kier alpha value is -2.43. The van der Waals surface area contributed by atoms with E-state index in [4.69, 9.17) is 0 Å². The van der Waals surface area contributed by atoms with Crippen molar-refractivity contribution >= 4 is 15.9 Å². The Bertz CT molecular complexity index is 1060. The fourth-order valence-electron chi connectivity index (χ4n) is 3.32. The van der Waals surface area contributed by atoms with Gasteiger partial charge in [-0.05, 0) is 49.4 Å². The number of nitrogens with zero attached hydrogens (tertiary/aromatic N) is 2. The smallest absolute Gasteiger partial charge is 0.348 e. The van der Waals surface area contributed by atoms with E-state index in [1.165, 1.54) is 28.6 Å². The molecule has 1 aliphatic heterocycles. The monoisotopic (exact) mass is 455 g/mol. The third-order valence-electron chi connectivity index (χ3n) is 5.26. The summed E-state index contributed by atoms with van der Waals surface area (Å²) in [6.07, 6.45) is -4.47. The second-order valence-electron chi connectivity index (χ2n) is 7.56. The van der Waals surface area contributed by atoms with Crippen molar-refractivity contribution in [3.63, 3.8) is 0 Å². The minimum absolute atomic E-state index is 0.0203. The molecule has 0 unspecified atom stereocenters. The van der Waals surface area contributed by atoms with Crippen molar-refractivity contribution in [1.29, 1.82) is 0 Å². The number of halogens is 3. The fourth-order valence-corrected chi connectivity index (χ4v) is 4.77. The molecule has 10 heteroatoms. The zero-order chi connectivity index (χ0) is 22.8. The van der Waals surface area contributed by atoms with Gasteiger partial charge in [0.15, 0.2) is 0 Å². The molecule has 168 valence electrons. The zero-order valence-corrected chi connectivity index (χ0v) is 18.1. The van der Waals surface area contributed by atoms with Crippen LogP contribution in [0.15, 0.2) is 47.4 Å². The molecule has 1 fully saturated rings. The van der Waals surface area contributed by atoms with E-state index in [0.29, 0.717) is 37.3 Å². The molecular weight excluding hydrogens is 431 g/mol. The lowest BCUT2D eigenvalue weighted by Crippen LogP contribution is -2.47. The number of nitrogens with one attached hydrogen (secondary N) is 1. The molecule has 31 heavy (non-hydrogen) atoms. The van der Waals surface area contributed by atoms with Crippen LogP contribution in [0.3, 0.4) is 0 Å². The third-order valence-corrected chi connectivity index (χ3v) is 7.16. The summed E-state index contributed by atoms with van der Waals surface area (Å²) < 4.78 is 65.9. The first-order valence-corrected chi connectivity index (χ1v) is 11.2. The zero-order valence-electron chi connectivity index (χ0n) is 17.2. The number of sulfonamides is 1. The normalized spacial score (nSPS) is 16.3. The number of carbonyl (C=O) groups excluding carboxylic acids is 1. The fraction of sp³-hybridized carbons (Fsp3) is 0.381. The van der Waals surface area contributed by atoms with Crippen LogP contribution in [0.2, 0.25) is 0 Å². The molecule has 0 radical (unpaired) electrons. The van der Waals surface area contributed by atoms with Crippen LogP contribution >= 0.6 is 0 Å². The largest absolute Gasteiger partial charge is 0.416 e. The first kappa shape index (κ1) is 23.2. The van der Waals surface area contributed by atoms with Gasteiger partial charge in [0.25, 0.3) is 5.91 Å². The highest BCUT2D eigenvalue weighted by molar-refractivity contribution is 7.89. The number of hydrogen-bond donors (Lipinski definition) is 1. The Morgan fingerprint density at radius 3 is 2.39 bits per heavy atom. The number of benzene rings is 2. The van der Waals surface area contributed by atoms with Crippen LogP contribution in [-0.2, 0) is 22.7 Å². The second kappa shape index (κ2) is 8.97. The SMILES string of the molecule is Cc1ccc(S(=O)(=O)N2CCN(C)CC2)cc1C(=O)NCc1cccc(C(F)(F)F)c1. The molecular formula is C21H24F3N3O3S. The van der Waals surface area contributed by atoms with Crippen molar-refractivity contribution in [3.05, 3.63) is 64.7 Å². The number of likely N-dealkylation sites (N-methyl/N-ethyl adjacent to an activating group) is 1. The number of carbonyl (C=O) groups is 1. The minimum atomic E-state index is -4.47. The molecule has 3 rings (SSSR count). The van der Waals surface area contributed by atoms with E-state index in [-0.39, 0.29) is 17.0 Å². The van der Waals surface area contributed by atoms with Crippen molar-refractivity contribution in [2.75, 3.05) is 33.2 Å². The van der Waals surface area contributed by atoms with Gasteiger partial charge in [0.05, 0.1) is 10.5 Å². The lowest BCUT2D eigenvalue weighted by atomic mass is 10.1. The highest BCUT2D eigenvalue weighted by Gasteiger charge is 2.30. The van der Waals surface area contributed by atoms with Gasteiger partial charge < -0.3 is 10.2 Å². The van der Waals surface area contributed by atoms with E-state index in [1.807, 2.05) is 11.9 Å².